The Morgan fingerprint density at radius 3 is 2.10 bits per heavy atom. The largest absolute Gasteiger partial charge is 0.494 e. The highest BCUT2D eigenvalue weighted by atomic mass is 16.5. The SMILES string of the molecule is CCOc1ccc(NC(=O)COC(=O)C2c3ccccc3Oc3ccccc32)cc1. The van der Waals surface area contributed by atoms with Crippen molar-refractivity contribution in [2.45, 2.75) is 12.8 Å². The van der Waals surface area contributed by atoms with Crippen LogP contribution in [0, 0.1) is 0 Å². The lowest BCUT2D eigenvalue weighted by Gasteiger charge is -2.26. The number of nitrogens with one attached hydrogen (secondary N) is 1. The second-order valence-corrected chi connectivity index (χ2v) is 6.72. The Bertz CT molecular complexity index is 1020. The molecule has 1 heterocycles. The normalized spacial score (nSPS) is 12.2. The fraction of sp³-hybridized carbons (Fsp3) is 0.167. The van der Waals surface area contributed by atoms with Gasteiger partial charge >= 0.3 is 5.97 Å². The summed E-state index contributed by atoms with van der Waals surface area (Å²) in [6.45, 7) is 2.09. The molecule has 6 heteroatoms. The van der Waals surface area contributed by atoms with E-state index < -0.39 is 17.8 Å². The van der Waals surface area contributed by atoms with Crippen LogP contribution in [0.4, 0.5) is 5.69 Å². The minimum atomic E-state index is -0.649. The number of carbonyl (C=O) groups excluding carboxylic acids is 2. The molecule has 6 nitrogen and oxygen atoms in total. The van der Waals surface area contributed by atoms with E-state index in [1.807, 2.05) is 55.5 Å². The van der Waals surface area contributed by atoms with Crippen LogP contribution < -0.4 is 14.8 Å². The Kier molecular flexibility index (Phi) is 5.66. The van der Waals surface area contributed by atoms with Crippen molar-refractivity contribution in [3.8, 4) is 17.2 Å². The molecular formula is C24H21NO5. The molecule has 0 aromatic heterocycles. The molecule has 0 fully saturated rings. The van der Waals surface area contributed by atoms with Crippen molar-refractivity contribution in [1.82, 2.24) is 0 Å². The summed E-state index contributed by atoms with van der Waals surface area (Å²) >= 11 is 0. The van der Waals surface area contributed by atoms with Crippen LogP contribution in [-0.2, 0) is 14.3 Å². The Morgan fingerprint density at radius 2 is 1.50 bits per heavy atom. The van der Waals surface area contributed by atoms with Crippen LogP contribution in [0.2, 0.25) is 0 Å². The van der Waals surface area contributed by atoms with Crippen molar-refractivity contribution in [1.29, 1.82) is 0 Å². The maximum atomic E-state index is 12.9. The third-order valence-electron chi connectivity index (χ3n) is 4.71. The van der Waals surface area contributed by atoms with Crippen molar-refractivity contribution < 1.29 is 23.8 Å². The number of hydrogen-bond donors (Lipinski definition) is 1. The quantitative estimate of drug-likeness (QED) is 0.613. The summed E-state index contributed by atoms with van der Waals surface area (Å²) in [6, 6.07) is 21.7. The summed E-state index contributed by atoms with van der Waals surface area (Å²) < 4.78 is 16.6. The van der Waals surface area contributed by atoms with Gasteiger partial charge in [0.2, 0.25) is 0 Å². The first kappa shape index (κ1) is 19.5. The number of esters is 1. The van der Waals surface area contributed by atoms with Crippen LogP contribution in [0.25, 0.3) is 0 Å². The van der Waals surface area contributed by atoms with Gasteiger partial charge in [0.25, 0.3) is 5.91 Å². The second-order valence-electron chi connectivity index (χ2n) is 6.72. The van der Waals surface area contributed by atoms with Crippen LogP contribution in [0.5, 0.6) is 17.2 Å². The van der Waals surface area contributed by atoms with Gasteiger partial charge in [-0.1, -0.05) is 36.4 Å². The highest BCUT2D eigenvalue weighted by Crippen LogP contribution is 2.44. The van der Waals surface area contributed by atoms with Crippen molar-refractivity contribution in [3.63, 3.8) is 0 Å². The smallest absolute Gasteiger partial charge is 0.318 e. The maximum Gasteiger partial charge on any atom is 0.318 e. The number of carbonyl (C=O) groups is 2. The number of hydrogen-bond acceptors (Lipinski definition) is 5. The Labute approximate surface area is 174 Å². The van der Waals surface area contributed by atoms with Gasteiger partial charge in [0.15, 0.2) is 6.61 Å². The first-order chi connectivity index (χ1) is 14.7. The zero-order valence-corrected chi connectivity index (χ0v) is 16.5. The van der Waals surface area contributed by atoms with Gasteiger partial charge in [-0.05, 0) is 43.3 Å². The van der Waals surface area contributed by atoms with Crippen LogP contribution >= 0.6 is 0 Å². The zero-order valence-electron chi connectivity index (χ0n) is 16.5. The van der Waals surface area contributed by atoms with Gasteiger partial charge in [0.05, 0.1) is 6.61 Å². The van der Waals surface area contributed by atoms with E-state index in [1.165, 1.54) is 0 Å². The lowest BCUT2D eigenvalue weighted by molar-refractivity contribution is -0.148. The molecule has 0 bridgehead atoms. The number of rotatable bonds is 6. The Hall–Kier alpha value is -3.80. The highest BCUT2D eigenvalue weighted by Gasteiger charge is 2.33. The molecule has 1 N–H and O–H groups in total. The van der Waals surface area contributed by atoms with Gasteiger partial charge in [-0.2, -0.15) is 0 Å². The third kappa shape index (κ3) is 4.12. The van der Waals surface area contributed by atoms with E-state index >= 15 is 0 Å². The van der Waals surface area contributed by atoms with Crippen LogP contribution in [-0.4, -0.2) is 25.1 Å². The number of fused-ring (bicyclic) bond motifs is 2. The molecule has 3 aromatic carbocycles. The van der Waals surface area contributed by atoms with E-state index in [0.717, 1.165) is 5.75 Å². The predicted octanol–water partition coefficient (Wildman–Crippen LogP) is 4.50. The molecule has 0 saturated heterocycles. The zero-order chi connectivity index (χ0) is 20.9. The molecular weight excluding hydrogens is 382 g/mol. The van der Waals surface area contributed by atoms with E-state index in [9.17, 15) is 9.59 Å². The summed E-state index contributed by atoms with van der Waals surface area (Å²) in [7, 11) is 0. The predicted molar refractivity (Wildman–Crippen MR) is 112 cm³/mol. The Balaban J connectivity index is 1.43. The minimum Gasteiger partial charge on any atom is -0.494 e. The van der Waals surface area contributed by atoms with E-state index in [2.05, 4.69) is 5.32 Å². The molecule has 0 aliphatic carbocycles. The summed E-state index contributed by atoms with van der Waals surface area (Å²) in [5.74, 6) is 0.373. The molecule has 0 saturated carbocycles. The lowest BCUT2D eigenvalue weighted by Crippen LogP contribution is -2.26. The van der Waals surface area contributed by atoms with Crippen molar-refractivity contribution in [2.75, 3.05) is 18.5 Å². The summed E-state index contributed by atoms with van der Waals surface area (Å²) in [6.07, 6.45) is 0. The third-order valence-corrected chi connectivity index (χ3v) is 4.71. The second kappa shape index (κ2) is 8.69. The van der Waals surface area contributed by atoms with E-state index in [4.69, 9.17) is 14.2 Å². The number of ether oxygens (including phenoxy) is 3. The van der Waals surface area contributed by atoms with Gasteiger partial charge in [-0.3, -0.25) is 9.59 Å². The molecule has 0 spiro atoms. The average Bonchev–Trinajstić information content (AvgIpc) is 2.77. The molecule has 1 aliphatic heterocycles. The monoisotopic (exact) mass is 403 g/mol. The van der Waals surface area contributed by atoms with Crippen LogP contribution in [0.1, 0.15) is 24.0 Å². The van der Waals surface area contributed by atoms with Gasteiger partial charge < -0.3 is 19.5 Å². The van der Waals surface area contributed by atoms with Crippen molar-refractivity contribution in [3.05, 3.63) is 83.9 Å². The van der Waals surface area contributed by atoms with Gasteiger partial charge in [0, 0.05) is 16.8 Å². The molecule has 0 unspecified atom stereocenters. The maximum absolute atomic E-state index is 12.9. The molecule has 0 atom stereocenters. The molecule has 1 amide bonds. The minimum absolute atomic E-state index is 0.381. The number of benzene rings is 3. The lowest BCUT2D eigenvalue weighted by atomic mass is 9.88. The first-order valence-electron chi connectivity index (χ1n) is 9.70. The van der Waals surface area contributed by atoms with Crippen LogP contribution in [0.3, 0.4) is 0 Å². The first-order valence-corrected chi connectivity index (χ1v) is 9.70. The van der Waals surface area contributed by atoms with Gasteiger partial charge in [-0.15, -0.1) is 0 Å². The summed E-state index contributed by atoms with van der Waals surface area (Å²) in [5, 5.41) is 2.71. The topological polar surface area (TPSA) is 73.9 Å². The molecule has 3 aromatic rings. The number of anilines is 1. The van der Waals surface area contributed by atoms with Crippen molar-refractivity contribution in [2.24, 2.45) is 0 Å². The average molecular weight is 403 g/mol. The van der Waals surface area contributed by atoms with E-state index in [-0.39, 0.29) is 6.61 Å². The molecule has 4 rings (SSSR count). The van der Waals surface area contributed by atoms with E-state index in [1.54, 1.807) is 24.3 Å². The fourth-order valence-electron chi connectivity index (χ4n) is 3.38. The van der Waals surface area contributed by atoms with Crippen molar-refractivity contribution >= 4 is 17.6 Å². The number of para-hydroxylation sites is 2. The van der Waals surface area contributed by atoms with Gasteiger partial charge in [-0.25, -0.2) is 0 Å². The highest BCUT2D eigenvalue weighted by molar-refractivity contribution is 5.94. The Morgan fingerprint density at radius 1 is 0.900 bits per heavy atom. The molecule has 30 heavy (non-hydrogen) atoms. The van der Waals surface area contributed by atoms with Crippen LogP contribution in [0.15, 0.2) is 72.8 Å². The fourth-order valence-corrected chi connectivity index (χ4v) is 3.38. The van der Waals surface area contributed by atoms with E-state index in [0.29, 0.717) is 34.9 Å². The van der Waals surface area contributed by atoms with Gasteiger partial charge in [0.1, 0.15) is 23.2 Å². The molecule has 0 radical (unpaired) electrons. The molecule has 152 valence electrons. The standard InChI is InChI=1S/C24H21NO5/c1-2-28-17-13-11-16(12-14-17)25-22(26)15-29-24(27)23-18-7-3-5-9-20(18)30-21-10-6-4-8-19(21)23/h3-14,23H,2,15H2,1H3,(H,25,26). The summed E-state index contributed by atoms with van der Waals surface area (Å²) in [5.41, 5.74) is 2.03. The number of amides is 1. The summed E-state index contributed by atoms with van der Waals surface area (Å²) in [4.78, 5) is 25.2. The molecule has 1 aliphatic rings.